The molecule has 0 radical (unpaired) electrons. The predicted molar refractivity (Wildman–Crippen MR) is 94.1 cm³/mol. The fraction of sp³-hybridized carbons (Fsp3) is 0.200. The molecule has 1 aromatic heterocycles. The smallest absolute Gasteiger partial charge is 0.255 e. The average molecular weight is 333 g/mol. The Kier molecular flexibility index (Phi) is 4.07. The summed E-state index contributed by atoms with van der Waals surface area (Å²) in [7, 11) is 0. The monoisotopic (exact) mass is 333 g/mol. The Bertz CT molecular complexity index is 889. The van der Waals surface area contributed by atoms with Gasteiger partial charge in [-0.3, -0.25) is 9.48 Å². The first kappa shape index (κ1) is 15.6. The van der Waals surface area contributed by atoms with Crippen molar-refractivity contribution in [1.82, 2.24) is 15.1 Å². The molecule has 0 fully saturated rings. The van der Waals surface area contributed by atoms with Crippen molar-refractivity contribution >= 4 is 5.91 Å². The van der Waals surface area contributed by atoms with E-state index in [-0.39, 0.29) is 11.9 Å². The molecule has 5 heteroatoms. The molecule has 1 aliphatic carbocycles. The van der Waals surface area contributed by atoms with E-state index in [9.17, 15) is 9.90 Å². The molecular formula is C20H19N3O2. The molecule has 2 unspecified atom stereocenters. The summed E-state index contributed by atoms with van der Waals surface area (Å²) in [6.07, 6.45) is 3.26. The predicted octanol–water partition coefficient (Wildman–Crippen LogP) is 2.32. The maximum atomic E-state index is 12.5. The number of carbonyl (C=O) groups excluding carboxylic acids is 1. The summed E-state index contributed by atoms with van der Waals surface area (Å²) in [4.78, 5) is 12.5. The number of benzene rings is 2. The third-order valence-electron chi connectivity index (χ3n) is 4.57. The summed E-state index contributed by atoms with van der Waals surface area (Å²) >= 11 is 0. The number of rotatable bonds is 4. The molecule has 0 saturated carbocycles. The van der Waals surface area contributed by atoms with Crippen molar-refractivity contribution in [1.29, 1.82) is 0 Å². The maximum Gasteiger partial charge on any atom is 0.255 e. The van der Waals surface area contributed by atoms with Crippen LogP contribution in [0.15, 0.2) is 67.0 Å². The van der Waals surface area contributed by atoms with Crippen molar-refractivity contribution in [3.8, 4) is 0 Å². The Hall–Kier alpha value is -2.92. The van der Waals surface area contributed by atoms with Crippen molar-refractivity contribution < 1.29 is 9.90 Å². The van der Waals surface area contributed by atoms with E-state index in [0.29, 0.717) is 18.5 Å². The standard InChI is InChI=1S/C20H19N3O2/c24-18-10-15-8-4-5-9-17(15)19(18)22-20(25)16-11-21-23(13-16)12-14-6-2-1-3-7-14/h1-9,11,13,18-19,24H,10,12H2,(H,22,25). The van der Waals surface area contributed by atoms with Crippen LogP contribution in [-0.4, -0.2) is 26.9 Å². The van der Waals surface area contributed by atoms with Gasteiger partial charge in [-0.1, -0.05) is 54.6 Å². The highest BCUT2D eigenvalue weighted by atomic mass is 16.3. The van der Waals surface area contributed by atoms with E-state index in [1.54, 1.807) is 17.1 Å². The summed E-state index contributed by atoms with van der Waals surface area (Å²) in [5.41, 5.74) is 3.69. The van der Waals surface area contributed by atoms with Crippen LogP contribution < -0.4 is 5.32 Å². The van der Waals surface area contributed by atoms with Crippen LogP contribution in [-0.2, 0) is 13.0 Å². The minimum absolute atomic E-state index is 0.222. The zero-order chi connectivity index (χ0) is 17.2. The van der Waals surface area contributed by atoms with Gasteiger partial charge in [-0.15, -0.1) is 0 Å². The molecule has 2 atom stereocenters. The molecule has 25 heavy (non-hydrogen) atoms. The quantitative estimate of drug-likeness (QED) is 0.770. The van der Waals surface area contributed by atoms with E-state index in [0.717, 1.165) is 16.7 Å². The van der Waals surface area contributed by atoms with Crippen LogP contribution in [0.5, 0.6) is 0 Å². The molecule has 1 heterocycles. The SMILES string of the molecule is O=C(NC1c2ccccc2CC1O)c1cnn(Cc2ccccc2)c1. The number of hydrogen-bond donors (Lipinski definition) is 2. The van der Waals surface area contributed by atoms with Crippen molar-refractivity contribution in [3.63, 3.8) is 0 Å². The van der Waals surface area contributed by atoms with Gasteiger partial charge in [0.05, 0.1) is 30.5 Å². The van der Waals surface area contributed by atoms with Gasteiger partial charge < -0.3 is 10.4 Å². The first-order valence-electron chi connectivity index (χ1n) is 8.34. The molecule has 0 saturated heterocycles. The molecule has 1 amide bonds. The van der Waals surface area contributed by atoms with Gasteiger partial charge in [0, 0.05) is 12.6 Å². The lowest BCUT2D eigenvalue weighted by Crippen LogP contribution is -2.33. The second-order valence-corrected chi connectivity index (χ2v) is 6.33. The van der Waals surface area contributed by atoms with Gasteiger partial charge in [0.1, 0.15) is 0 Å². The molecule has 0 bridgehead atoms. The van der Waals surface area contributed by atoms with Gasteiger partial charge >= 0.3 is 0 Å². The van der Waals surface area contributed by atoms with E-state index in [2.05, 4.69) is 10.4 Å². The molecule has 2 aromatic carbocycles. The Balaban J connectivity index is 1.47. The number of nitrogens with zero attached hydrogens (tertiary/aromatic N) is 2. The minimum atomic E-state index is -0.597. The van der Waals surface area contributed by atoms with E-state index in [1.165, 1.54) is 0 Å². The number of carbonyl (C=O) groups is 1. The molecule has 4 rings (SSSR count). The van der Waals surface area contributed by atoms with Crippen molar-refractivity contribution in [3.05, 3.63) is 89.2 Å². The highest BCUT2D eigenvalue weighted by Crippen LogP contribution is 2.31. The third kappa shape index (κ3) is 3.19. The molecule has 0 spiro atoms. The second kappa shape index (κ2) is 6.53. The first-order chi connectivity index (χ1) is 12.2. The molecular weight excluding hydrogens is 314 g/mol. The minimum Gasteiger partial charge on any atom is -0.390 e. The molecule has 3 aromatic rings. The average Bonchev–Trinajstić information content (AvgIpc) is 3.21. The topological polar surface area (TPSA) is 67.2 Å². The van der Waals surface area contributed by atoms with Crippen LogP contribution in [0.1, 0.15) is 33.1 Å². The van der Waals surface area contributed by atoms with Crippen LogP contribution in [0, 0.1) is 0 Å². The number of aliphatic hydroxyl groups is 1. The normalized spacial score (nSPS) is 18.8. The van der Waals surface area contributed by atoms with Gasteiger partial charge in [-0.05, 0) is 16.7 Å². The summed E-state index contributed by atoms with van der Waals surface area (Å²) in [5.74, 6) is -0.222. The van der Waals surface area contributed by atoms with E-state index in [4.69, 9.17) is 0 Å². The molecule has 2 N–H and O–H groups in total. The van der Waals surface area contributed by atoms with Crippen LogP contribution in [0.2, 0.25) is 0 Å². The number of amides is 1. The number of hydrogen-bond acceptors (Lipinski definition) is 3. The van der Waals surface area contributed by atoms with Crippen molar-refractivity contribution in [2.24, 2.45) is 0 Å². The number of aromatic nitrogens is 2. The zero-order valence-electron chi connectivity index (χ0n) is 13.7. The Morgan fingerprint density at radius 1 is 1.16 bits per heavy atom. The lowest BCUT2D eigenvalue weighted by atomic mass is 10.1. The number of aliphatic hydroxyl groups excluding tert-OH is 1. The van der Waals surface area contributed by atoms with Gasteiger partial charge in [-0.25, -0.2) is 0 Å². The van der Waals surface area contributed by atoms with E-state index >= 15 is 0 Å². The van der Waals surface area contributed by atoms with E-state index in [1.807, 2.05) is 54.6 Å². The molecule has 1 aliphatic rings. The van der Waals surface area contributed by atoms with Gasteiger partial charge in [-0.2, -0.15) is 5.10 Å². The highest BCUT2D eigenvalue weighted by molar-refractivity contribution is 5.94. The van der Waals surface area contributed by atoms with Gasteiger partial charge in [0.25, 0.3) is 5.91 Å². The molecule has 126 valence electrons. The molecule has 5 nitrogen and oxygen atoms in total. The Morgan fingerprint density at radius 2 is 1.92 bits per heavy atom. The van der Waals surface area contributed by atoms with Gasteiger partial charge in [0.15, 0.2) is 0 Å². The third-order valence-corrected chi connectivity index (χ3v) is 4.57. The Morgan fingerprint density at radius 3 is 2.76 bits per heavy atom. The highest BCUT2D eigenvalue weighted by Gasteiger charge is 2.32. The van der Waals surface area contributed by atoms with Gasteiger partial charge in [0.2, 0.25) is 0 Å². The first-order valence-corrected chi connectivity index (χ1v) is 8.34. The zero-order valence-corrected chi connectivity index (χ0v) is 13.7. The van der Waals surface area contributed by atoms with Crippen molar-refractivity contribution in [2.45, 2.75) is 25.1 Å². The Labute approximate surface area is 145 Å². The lowest BCUT2D eigenvalue weighted by Gasteiger charge is -2.17. The summed E-state index contributed by atoms with van der Waals surface area (Å²) < 4.78 is 1.74. The maximum absolute atomic E-state index is 12.5. The summed E-state index contributed by atoms with van der Waals surface area (Å²) in [5, 5.41) is 17.5. The molecule has 0 aliphatic heterocycles. The second-order valence-electron chi connectivity index (χ2n) is 6.33. The van der Waals surface area contributed by atoms with Crippen LogP contribution >= 0.6 is 0 Å². The number of nitrogens with one attached hydrogen (secondary N) is 1. The van der Waals surface area contributed by atoms with Crippen LogP contribution in [0.3, 0.4) is 0 Å². The van der Waals surface area contributed by atoms with Crippen molar-refractivity contribution in [2.75, 3.05) is 0 Å². The number of fused-ring (bicyclic) bond motifs is 1. The summed E-state index contributed by atoms with van der Waals surface area (Å²) in [6.45, 7) is 0.614. The van der Waals surface area contributed by atoms with Crippen LogP contribution in [0.25, 0.3) is 0 Å². The fourth-order valence-corrected chi connectivity index (χ4v) is 3.31. The summed E-state index contributed by atoms with van der Waals surface area (Å²) in [6, 6.07) is 17.4. The lowest BCUT2D eigenvalue weighted by molar-refractivity contribution is 0.0858. The fourth-order valence-electron chi connectivity index (χ4n) is 3.31. The van der Waals surface area contributed by atoms with Crippen LogP contribution in [0.4, 0.5) is 0 Å². The largest absolute Gasteiger partial charge is 0.390 e. The van der Waals surface area contributed by atoms with E-state index < -0.39 is 6.10 Å².